The van der Waals surface area contributed by atoms with Gasteiger partial charge in [-0.2, -0.15) is 0 Å². The number of aliphatic carboxylic acids is 1. The van der Waals surface area contributed by atoms with E-state index in [1.165, 1.54) is 12.1 Å². The summed E-state index contributed by atoms with van der Waals surface area (Å²) in [6, 6.07) is 5.35. The molecule has 0 saturated heterocycles. The highest BCUT2D eigenvalue weighted by atomic mass is 16.4. The maximum Gasteiger partial charge on any atom is 0.322 e. The second-order valence-electron chi connectivity index (χ2n) is 5.78. The van der Waals surface area contributed by atoms with Crippen LogP contribution in [0.25, 0.3) is 0 Å². The molecule has 1 aromatic carbocycles. The Labute approximate surface area is 133 Å². The van der Waals surface area contributed by atoms with E-state index in [2.05, 4.69) is 5.32 Å². The molecule has 0 radical (unpaired) electrons. The summed E-state index contributed by atoms with van der Waals surface area (Å²) in [5, 5.41) is 10.9. The third-order valence-electron chi connectivity index (χ3n) is 3.55. The third-order valence-corrected chi connectivity index (χ3v) is 3.55. The van der Waals surface area contributed by atoms with E-state index < -0.39 is 36.3 Å². The van der Waals surface area contributed by atoms with E-state index in [4.69, 9.17) is 5.11 Å². The van der Waals surface area contributed by atoms with Gasteiger partial charge in [-0.15, -0.1) is 0 Å². The quantitative estimate of drug-likeness (QED) is 0.758. The minimum Gasteiger partial charge on any atom is -0.480 e. The number of carbonyl (C=O) groups is 4. The number of imide groups is 1. The first-order valence-corrected chi connectivity index (χ1v) is 7.29. The fraction of sp³-hybridized carbons (Fsp3) is 0.375. The molecule has 1 heterocycles. The molecule has 1 atom stereocenters. The summed E-state index contributed by atoms with van der Waals surface area (Å²) in [4.78, 5) is 48.8. The van der Waals surface area contributed by atoms with Gasteiger partial charge in [0.15, 0.2) is 0 Å². The first-order chi connectivity index (χ1) is 10.8. The van der Waals surface area contributed by atoms with E-state index in [0.717, 1.165) is 4.90 Å². The zero-order valence-electron chi connectivity index (χ0n) is 12.9. The van der Waals surface area contributed by atoms with Crippen molar-refractivity contribution in [1.82, 2.24) is 10.2 Å². The van der Waals surface area contributed by atoms with Crippen LogP contribution in [0.3, 0.4) is 0 Å². The van der Waals surface area contributed by atoms with Gasteiger partial charge >= 0.3 is 5.97 Å². The number of benzene rings is 1. The minimum atomic E-state index is -1.19. The molecule has 0 aliphatic carbocycles. The van der Waals surface area contributed by atoms with E-state index in [-0.39, 0.29) is 23.5 Å². The van der Waals surface area contributed by atoms with Gasteiger partial charge in [-0.1, -0.05) is 26.0 Å². The fourth-order valence-electron chi connectivity index (χ4n) is 2.55. The first kappa shape index (κ1) is 16.7. The second-order valence-corrected chi connectivity index (χ2v) is 5.78. The van der Waals surface area contributed by atoms with Crippen LogP contribution in [0.2, 0.25) is 0 Å². The number of nitrogens with zero attached hydrogens (tertiary/aromatic N) is 1. The number of amides is 3. The minimum absolute atomic E-state index is 0.0416. The fourth-order valence-corrected chi connectivity index (χ4v) is 2.55. The molecule has 0 aromatic heterocycles. The summed E-state index contributed by atoms with van der Waals surface area (Å²) in [6.45, 7) is 3.15. The number of nitrogens with one attached hydrogen (secondary N) is 1. The van der Waals surface area contributed by atoms with Gasteiger partial charge < -0.3 is 10.4 Å². The average Bonchev–Trinajstić information content (AvgIpc) is 2.74. The van der Waals surface area contributed by atoms with Crippen LogP contribution in [0.15, 0.2) is 24.3 Å². The molecule has 1 aromatic rings. The Bertz CT molecular complexity index is 633. The molecule has 1 aliphatic heterocycles. The monoisotopic (exact) mass is 318 g/mol. The Hall–Kier alpha value is -2.70. The van der Waals surface area contributed by atoms with Crippen LogP contribution in [0.1, 0.15) is 41.0 Å². The lowest BCUT2D eigenvalue weighted by Gasteiger charge is -2.26. The Morgan fingerprint density at radius 2 is 1.65 bits per heavy atom. The largest absolute Gasteiger partial charge is 0.480 e. The molecule has 0 saturated carbocycles. The molecule has 7 heteroatoms. The Kier molecular flexibility index (Phi) is 4.78. The summed E-state index contributed by atoms with van der Waals surface area (Å²) >= 11 is 0. The van der Waals surface area contributed by atoms with Crippen molar-refractivity contribution in [1.29, 1.82) is 0 Å². The average molecular weight is 318 g/mol. The topological polar surface area (TPSA) is 104 Å². The lowest BCUT2D eigenvalue weighted by Crippen LogP contribution is -2.51. The third kappa shape index (κ3) is 3.39. The van der Waals surface area contributed by atoms with Crippen LogP contribution in [0.5, 0.6) is 0 Å². The Morgan fingerprint density at radius 3 is 2.09 bits per heavy atom. The summed E-state index contributed by atoms with van der Waals surface area (Å²) in [7, 11) is 0. The Morgan fingerprint density at radius 1 is 1.13 bits per heavy atom. The molecule has 3 amide bonds. The zero-order chi connectivity index (χ0) is 17.1. The lowest BCUT2D eigenvalue weighted by atomic mass is 10.0. The predicted octanol–water partition coefficient (Wildman–Crippen LogP) is 0.898. The molecular formula is C16H18N2O5. The van der Waals surface area contributed by atoms with E-state index in [1.54, 1.807) is 12.1 Å². The molecule has 0 fully saturated rings. The van der Waals surface area contributed by atoms with Crippen LogP contribution in [0, 0.1) is 5.92 Å². The highest BCUT2D eigenvalue weighted by Crippen LogP contribution is 2.26. The molecule has 23 heavy (non-hydrogen) atoms. The highest BCUT2D eigenvalue weighted by Gasteiger charge is 2.42. The van der Waals surface area contributed by atoms with Gasteiger partial charge in [0.05, 0.1) is 11.1 Å². The maximum atomic E-state index is 12.5. The number of carboxylic acids is 1. The van der Waals surface area contributed by atoms with Crippen molar-refractivity contribution in [3.63, 3.8) is 0 Å². The van der Waals surface area contributed by atoms with E-state index in [1.807, 2.05) is 13.8 Å². The SMILES string of the molecule is CC(C)C[C@@H](C(=O)NCC(=O)O)N1C(=O)c2ccccc2C1=O. The van der Waals surface area contributed by atoms with Gasteiger partial charge in [0, 0.05) is 0 Å². The zero-order valence-corrected chi connectivity index (χ0v) is 12.9. The van der Waals surface area contributed by atoms with Crippen molar-refractivity contribution < 1.29 is 24.3 Å². The standard InChI is InChI=1S/C16H18N2O5/c1-9(2)7-12(14(21)17-8-13(19)20)18-15(22)10-5-3-4-6-11(10)16(18)23/h3-6,9,12H,7-8H2,1-2H3,(H,17,21)(H,19,20)/t12-/m0/s1. The number of hydrogen-bond acceptors (Lipinski definition) is 4. The van der Waals surface area contributed by atoms with Gasteiger partial charge in [0.25, 0.3) is 11.8 Å². The highest BCUT2D eigenvalue weighted by molar-refractivity contribution is 6.22. The molecule has 1 aliphatic rings. The number of rotatable bonds is 6. The molecule has 7 nitrogen and oxygen atoms in total. The van der Waals surface area contributed by atoms with Crippen LogP contribution in [0.4, 0.5) is 0 Å². The van der Waals surface area contributed by atoms with Gasteiger partial charge in [-0.05, 0) is 24.5 Å². The van der Waals surface area contributed by atoms with Crippen LogP contribution >= 0.6 is 0 Å². The molecule has 122 valence electrons. The molecule has 0 unspecified atom stereocenters. The number of carboxylic acid groups (broad SMARTS) is 1. The summed E-state index contributed by atoms with van der Waals surface area (Å²) < 4.78 is 0. The first-order valence-electron chi connectivity index (χ1n) is 7.29. The van der Waals surface area contributed by atoms with Gasteiger partial charge in [-0.3, -0.25) is 24.1 Å². The van der Waals surface area contributed by atoms with Gasteiger partial charge in [-0.25, -0.2) is 0 Å². The Balaban J connectivity index is 2.30. The lowest BCUT2D eigenvalue weighted by molar-refractivity contribution is -0.138. The number of hydrogen-bond donors (Lipinski definition) is 2. The summed E-state index contributed by atoms with van der Waals surface area (Å²) in [6.07, 6.45) is 0.261. The smallest absolute Gasteiger partial charge is 0.322 e. The van der Waals surface area contributed by atoms with E-state index >= 15 is 0 Å². The normalized spacial score (nSPS) is 14.8. The predicted molar refractivity (Wildman–Crippen MR) is 80.8 cm³/mol. The second kappa shape index (κ2) is 6.60. The van der Waals surface area contributed by atoms with Crippen molar-refractivity contribution in [3.8, 4) is 0 Å². The maximum absolute atomic E-state index is 12.5. The molecule has 0 bridgehead atoms. The van der Waals surface area contributed by atoms with Crippen molar-refractivity contribution in [2.45, 2.75) is 26.3 Å². The number of carbonyl (C=O) groups excluding carboxylic acids is 3. The van der Waals surface area contributed by atoms with Crippen LogP contribution in [-0.2, 0) is 9.59 Å². The van der Waals surface area contributed by atoms with Gasteiger partial charge in [0.1, 0.15) is 12.6 Å². The number of fused-ring (bicyclic) bond motifs is 1. The molecule has 2 rings (SSSR count). The molecule has 2 N–H and O–H groups in total. The van der Waals surface area contributed by atoms with E-state index in [9.17, 15) is 19.2 Å². The summed E-state index contributed by atoms with van der Waals surface area (Å²) in [5.74, 6) is -2.84. The van der Waals surface area contributed by atoms with E-state index in [0.29, 0.717) is 0 Å². The van der Waals surface area contributed by atoms with Gasteiger partial charge in [0.2, 0.25) is 5.91 Å². The van der Waals surface area contributed by atoms with Crippen LogP contribution < -0.4 is 5.32 Å². The van der Waals surface area contributed by atoms with Crippen molar-refractivity contribution in [2.75, 3.05) is 6.54 Å². The van der Waals surface area contributed by atoms with Crippen LogP contribution in [-0.4, -0.2) is 46.3 Å². The van der Waals surface area contributed by atoms with Crippen molar-refractivity contribution in [2.24, 2.45) is 5.92 Å². The van der Waals surface area contributed by atoms with Crippen molar-refractivity contribution in [3.05, 3.63) is 35.4 Å². The van der Waals surface area contributed by atoms with Crippen molar-refractivity contribution >= 4 is 23.7 Å². The summed E-state index contributed by atoms with van der Waals surface area (Å²) in [5.41, 5.74) is 0.523. The molecule has 0 spiro atoms. The molecular weight excluding hydrogens is 300 g/mol.